The number of carbonyl (C=O) groups excluding carboxylic acids is 1. The summed E-state index contributed by atoms with van der Waals surface area (Å²) in [6.07, 6.45) is -10.7. The number of rotatable bonds is 3. The van der Waals surface area contributed by atoms with Gasteiger partial charge in [-0.2, -0.15) is 26.3 Å². The van der Waals surface area contributed by atoms with Gasteiger partial charge in [0.2, 0.25) is 0 Å². The van der Waals surface area contributed by atoms with E-state index in [2.05, 4.69) is 9.47 Å². The van der Waals surface area contributed by atoms with Gasteiger partial charge in [-0.15, -0.1) is 0 Å². The largest absolute Gasteiger partial charge is 0.496 e. The molecule has 0 atom stereocenters. The van der Waals surface area contributed by atoms with E-state index in [9.17, 15) is 31.1 Å². The lowest BCUT2D eigenvalue weighted by Crippen LogP contribution is -2.22. The third kappa shape index (κ3) is 3.59. The van der Waals surface area contributed by atoms with E-state index < -0.39 is 40.8 Å². The van der Waals surface area contributed by atoms with Gasteiger partial charge in [0, 0.05) is 0 Å². The third-order valence-electron chi connectivity index (χ3n) is 2.46. The summed E-state index contributed by atoms with van der Waals surface area (Å²) < 4.78 is 86.2. The standard InChI is InChI=1S/C12H10F6O3/c1-3-21-10(19)8-7(20-2)5-4-6(11(13,14)15)9(8)12(16,17)18/h4-5H,3H2,1-2H3. The smallest absolute Gasteiger partial charge is 0.417 e. The Morgan fingerprint density at radius 3 is 2.05 bits per heavy atom. The minimum atomic E-state index is -5.40. The Kier molecular flexibility index (Phi) is 4.75. The molecule has 3 nitrogen and oxygen atoms in total. The second-order valence-electron chi connectivity index (χ2n) is 3.78. The zero-order valence-electron chi connectivity index (χ0n) is 10.9. The van der Waals surface area contributed by atoms with Crippen LogP contribution in [0.3, 0.4) is 0 Å². The Hall–Kier alpha value is -1.93. The summed E-state index contributed by atoms with van der Waals surface area (Å²) in [6, 6.07) is 0.856. The van der Waals surface area contributed by atoms with E-state index in [1.165, 1.54) is 6.92 Å². The number of halogens is 6. The van der Waals surface area contributed by atoms with Crippen molar-refractivity contribution in [3.63, 3.8) is 0 Å². The summed E-state index contributed by atoms with van der Waals surface area (Å²) in [5, 5.41) is 0. The van der Waals surface area contributed by atoms with E-state index in [1.807, 2.05) is 0 Å². The molecule has 1 rings (SSSR count). The summed E-state index contributed by atoms with van der Waals surface area (Å²) >= 11 is 0. The van der Waals surface area contributed by atoms with Gasteiger partial charge >= 0.3 is 18.3 Å². The van der Waals surface area contributed by atoms with Gasteiger partial charge in [-0.1, -0.05) is 0 Å². The Morgan fingerprint density at radius 1 is 1.10 bits per heavy atom. The number of benzene rings is 1. The van der Waals surface area contributed by atoms with Gasteiger partial charge < -0.3 is 9.47 Å². The van der Waals surface area contributed by atoms with E-state index in [4.69, 9.17) is 0 Å². The van der Waals surface area contributed by atoms with Crippen LogP contribution in [0.2, 0.25) is 0 Å². The van der Waals surface area contributed by atoms with E-state index in [-0.39, 0.29) is 12.7 Å². The molecule has 0 spiro atoms. The van der Waals surface area contributed by atoms with Crippen LogP contribution in [0.25, 0.3) is 0 Å². The van der Waals surface area contributed by atoms with Gasteiger partial charge in [-0.25, -0.2) is 4.79 Å². The van der Waals surface area contributed by atoms with Crippen LogP contribution in [0.5, 0.6) is 5.75 Å². The quantitative estimate of drug-likeness (QED) is 0.626. The number of esters is 1. The van der Waals surface area contributed by atoms with E-state index >= 15 is 0 Å². The zero-order valence-corrected chi connectivity index (χ0v) is 10.9. The summed E-state index contributed by atoms with van der Waals surface area (Å²) in [7, 11) is 0.936. The maximum atomic E-state index is 13.0. The van der Waals surface area contributed by atoms with Crippen molar-refractivity contribution >= 4 is 5.97 Å². The van der Waals surface area contributed by atoms with Crippen LogP contribution in [0.1, 0.15) is 28.4 Å². The topological polar surface area (TPSA) is 35.5 Å². The number of hydrogen-bond acceptors (Lipinski definition) is 3. The van der Waals surface area contributed by atoms with Gasteiger partial charge in [-0.05, 0) is 19.1 Å². The molecule has 1 aromatic carbocycles. The maximum absolute atomic E-state index is 13.0. The highest BCUT2D eigenvalue weighted by molar-refractivity contribution is 5.95. The van der Waals surface area contributed by atoms with Crippen LogP contribution in [0.15, 0.2) is 12.1 Å². The Balaban J connectivity index is 3.75. The molecule has 0 amide bonds. The second kappa shape index (κ2) is 5.82. The first-order chi connectivity index (χ1) is 9.54. The number of alkyl halides is 6. The Labute approximate surface area is 115 Å². The summed E-state index contributed by atoms with van der Waals surface area (Å²) in [4.78, 5) is 11.6. The fraction of sp³-hybridized carbons (Fsp3) is 0.417. The minimum Gasteiger partial charge on any atom is -0.496 e. The van der Waals surface area contributed by atoms with Crippen LogP contribution in [-0.4, -0.2) is 19.7 Å². The molecule has 0 aliphatic heterocycles. The molecule has 1 aromatic rings. The Morgan fingerprint density at radius 2 is 1.67 bits per heavy atom. The number of ether oxygens (including phenoxy) is 2. The molecule has 118 valence electrons. The molecule has 0 aliphatic carbocycles. The molecule has 0 saturated carbocycles. The average Bonchev–Trinajstić information content (AvgIpc) is 2.35. The van der Waals surface area contributed by atoms with Crippen molar-refractivity contribution in [2.45, 2.75) is 19.3 Å². The van der Waals surface area contributed by atoms with Gasteiger partial charge in [0.15, 0.2) is 0 Å². The van der Waals surface area contributed by atoms with Crippen LogP contribution in [0, 0.1) is 0 Å². The van der Waals surface area contributed by atoms with Crippen molar-refractivity contribution in [3.05, 3.63) is 28.8 Å². The number of carbonyl (C=O) groups is 1. The third-order valence-corrected chi connectivity index (χ3v) is 2.46. The number of methoxy groups -OCH3 is 1. The normalized spacial score (nSPS) is 12.2. The molecule has 0 N–H and O–H groups in total. The first kappa shape index (κ1) is 17.1. The molecular formula is C12H10F6O3. The number of hydrogen-bond donors (Lipinski definition) is 0. The summed E-state index contributed by atoms with van der Waals surface area (Å²) in [5.74, 6) is -2.18. The minimum absolute atomic E-state index is 0.213. The molecule has 0 heterocycles. The van der Waals surface area contributed by atoms with Gasteiger partial charge in [0.25, 0.3) is 0 Å². The molecule has 0 unspecified atom stereocenters. The zero-order chi connectivity index (χ0) is 16.4. The fourth-order valence-corrected chi connectivity index (χ4v) is 1.69. The lowest BCUT2D eigenvalue weighted by molar-refractivity contribution is -0.162. The predicted molar refractivity (Wildman–Crippen MR) is 59.0 cm³/mol. The fourth-order valence-electron chi connectivity index (χ4n) is 1.69. The van der Waals surface area contributed by atoms with Gasteiger partial charge in [-0.3, -0.25) is 0 Å². The van der Waals surface area contributed by atoms with Gasteiger partial charge in [0.1, 0.15) is 11.3 Å². The van der Waals surface area contributed by atoms with Crippen LogP contribution in [0.4, 0.5) is 26.3 Å². The van der Waals surface area contributed by atoms with Crippen molar-refractivity contribution in [2.75, 3.05) is 13.7 Å². The van der Waals surface area contributed by atoms with E-state index in [0.29, 0.717) is 6.07 Å². The van der Waals surface area contributed by atoms with Crippen LogP contribution < -0.4 is 4.74 Å². The van der Waals surface area contributed by atoms with Crippen LogP contribution in [-0.2, 0) is 17.1 Å². The van der Waals surface area contributed by atoms with Crippen LogP contribution >= 0.6 is 0 Å². The summed E-state index contributed by atoms with van der Waals surface area (Å²) in [6.45, 7) is 1.01. The highest BCUT2D eigenvalue weighted by Gasteiger charge is 2.47. The van der Waals surface area contributed by atoms with Crippen molar-refractivity contribution < 1.29 is 40.6 Å². The first-order valence-corrected chi connectivity index (χ1v) is 5.56. The lowest BCUT2D eigenvalue weighted by atomic mass is 9.98. The van der Waals surface area contributed by atoms with Crippen molar-refractivity contribution in [3.8, 4) is 5.75 Å². The molecule has 0 saturated heterocycles. The van der Waals surface area contributed by atoms with Crippen molar-refractivity contribution in [1.82, 2.24) is 0 Å². The Bertz CT molecular complexity index is 533. The van der Waals surface area contributed by atoms with Crippen molar-refractivity contribution in [2.24, 2.45) is 0 Å². The molecule has 0 aromatic heterocycles. The average molecular weight is 316 g/mol. The van der Waals surface area contributed by atoms with Crippen molar-refractivity contribution in [1.29, 1.82) is 0 Å². The highest BCUT2D eigenvalue weighted by Crippen LogP contribution is 2.44. The molecule has 0 bridgehead atoms. The second-order valence-corrected chi connectivity index (χ2v) is 3.78. The molecule has 21 heavy (non-hydrogen) atoms. The summed E-state index contributed by atoms with van der Waals surface area (Å²) in [5.41, 5.74) is -5.38. The lowest BCUT2D eigenvalue weighted by Gasteiger charge is -2.20. The highest BCUT2D eigenvalue weighted by atomic mass is 19.4. The molecule has 0 aliphatic rings. The monoisotopic (exact) mass is 316 g/mol. The first-order valence-electron chi connectivity index (χ1n) is 5.56. The van der Waals surface area contributed by atoms with E-state index in [0.717, 1.165) is 7.11 Å². The molecule has 9 heteroatoms. The SMILES string of the molecule is CCOC(=O)c1c(OC)ccc(C(F)(F)F)c1C(F)(F)F. The molecule has 0 fully saturated rings. The van der Waals surface area contributed by atoms with Gasteiger partial charge in [0.05, 0.1) is 24.8 Å². The predicted octanol–water partition coefficient (Wildman–Crippen LogP) is 3.91. The van der Waals surface area contributed by atoms with E-state index in [1.54, 1.807) is 0 Å². The molecular weight excluding hydrogens is 306 g/mol. The maximum Gasteiger partial charge on any atom is 0.417 e. The molecule has 0 radical (unpaired) electrons.